The number of anilines is 1. The molecule has 1 aromatic heterocycles. The summed E-state index contributed by atoms with van der Waals surface area (Å²) in [5.41, 5.74) is 6.29. The smallest absolute Gasteiger partial charge is 0.228 e. The van der Waals surface area contributed by atoms with E-state index in [-0.39, 0.29) is 24.2 Å². The summed E-state index contributed by atoms with van der Waals surface area (Å²) in [4.78, 5) is 12.5. The van der Waals surface area contributed by atoms with E-state index in [1.807, 2.05) is 12.3 Å². The first-order valence-corrected chi connectivity index (χ1v) is 8.26. The Labute approximate surface area is 143 Å². The first-order valence-electron chi connectivity index (χ1n) is 8.26. The predicted molar refractivity (Wildman–Crippen MR) is 91.5 cm³/mol. The second kappa shape index (κ2) is 8.13. The third-order valence-electron chi connectivity index (χ3n) is 5.20. The van der Waals surface area contributed by atoms with Gasteiger partial charge in [-0.15, -0.1) is 12.4 Å². The number of hydrogen-bond acceptors (Lipinski definition) is 4. The van der Waals surface area contributed by atoms with Gasteiger partial charge >= 0.3 is 0 Å². The van der Waals surface area contributed by atoms with Gasteiger partial charge in [-0.3, -0.25) is 9.48 Å². The maximum absolute atomic E-state index is 12.5. The fourth-order valence-electron chi connectivity index (χ4n) is 3.97. The van der Waals surface area contributed by atoms with Crippen LogP contribution in [0.25, 0.3) is 0 Å². The van der Waals surface area contributed by atoms with E-state index in [9.17, 15) is 4.79 Å². The summed E-state index contributed by atoms with van der Waals surface area (Å²) in [6, 6.07) is 2.13. The topological polar surface area (TPSA) is 82.2 Å². The monoisotopic (exact) mass is 342 g/mol. The predicted octanol–water partition coefficient (Wildman–Crippen LogP) is 2.04. The standard InChI is InChI=1S/C16H26N4O2.ClH/c1-22-8-7-20-6-5-14(19-20)18-16(21)13-9-11-3-2-4-12(10-13)15(11)17;/h5-6,11-13,15H,2-4,7-10,17H2,1H3,(H,18,19,21);1H. The minimum Gasteiger partial charge on any atom is -0.383 e. The second-order valence-electron chi connectivity index (χ2n) is 6.64. The average Bonchev–Trinajstić information content (AvgIpc) is 2.92. The molecule has 3 rings (SSSR count). The van der Waals surface area contributed by atoms with Gasteiger partial charge in [0.05, 0.1) is 13.2 Å². The number of fused-ring (bicyclic) bond motifs is 2. The molecule has 0 aliphatic heterocycles. The van der Waals surface area contributed by atoms with E-state index in [0.29, 0.717) is 36.8 Å². The van der Waals surface area contributed by atoms with Gasteiger partial charge in [0.1, 0.15) is 0 Å². The molecule has 130 valence electrons. The van der Waals surface area contributed by atoms with E-state index in [0.717, 1.165) is 12.8 Å². The van der Waals surface area contributed by atoms with Crippen LogP contribution in [0.5, 0.6) is 0 Å². The van der Waals surface area contributed by atoms with Crippen LogP contribution < -0.4 is 11.1 Å². The molecule has 1 heterocycles. The van der Waals surface area contributed by atoms with Crippen molar-refractivity contribution in [2.24, 2.45) is 23.5 Å². The van der Waals surface area contributed by atoms with Crippen LogP contribution in [0.3, 0.4) is 0 Å². The van der Waals surface area contributed by atoms with Crippen molar-refractivity contribution in [1.82, 2.24) is 9.78 Å². The van der Waals surface area contributed by atoms with Crippen LogP contribution in [-0.2, 0) is 16.1 Å². The van der Waals surface area contributed by atoms with Crippen molar-refractivity contribution < 1.29 is 9.53 Å². The first kappa shape index (κ1) is 18.2. The number of aromatic nitrogens is 2. The lowest BCUT2D eigenvalue weighted by Crippen LogP contribution is -2.48. The van der Waals surface area contributed by atoms with E-state index >= 15 is 0 Å². The summed E-state index contributed by atoms with van der Waals surface area (Å²) in [6.07, 6.45) is 7.32. The zero-order valence-corrected chi connectivity index (χ0v) is 14.4. The number of hydrogen-bond donors (Lipinski definition) is 2. The third-order valence-corrected chi connectivity index (χ3v) is 5.20. The number of nitrogens with two attached hydrogens (primary N) is 1. The Bertz CT molecular complexity index is 508. The number of nitrogens with one attached hydrogen (secondary N) is 1. The Morgan fingerprint density at radius 3 is 2.78 bits per heavy atom. The van der Waals surface area contributed by atoms with E-state index in [2.05, 4.69) is 10.4 Å². The van der Waals surface area contributed by atoms with E-state index < -0.39 is 0 Å². The molecular weight excluding hydrogens is 316 g/mol. The fourth-order valence-corrected chi connectivity index (χ4v) is 3.97. The Balaban J connectivity index is 0.00000192. The van der Waals surface area contributed by atoms with E-state index in [1.165, 1.54) is 19.3 Å². The zero-order chi connectivity index (χ0) is 15.5. The van der Waals surface area contributed by atoms with Gasteiger partial charge in [-0.2, -0.15) is 5.10 Å². The van der Waals surface area contributed by atoms with Gasteiger partial charge in [0.25, 0.3) is 0 Å². The summed E-state index contributed by atoms with van der Waals surface area (Å²) in [5, 5.41) is 7.31. The molecule has 1 aromatic rings. The van der Waals surface area contributed by atoms with Gasteiger partial charge in [0, 0.05) is 31.3 Å². The van der Waals surface area contributed by atoms with Gasteiger partial charge in [-0.25, -0.2) is 0 Å². The number of nitrogens with zero attached hydrogens (tertiary/aromatic N) is 2. The highest BCUT2D eigenvalue weighted by atomic mass is 35.5. The number of methoxy groups -OCH3 is 1. The van der Waals surface area contributed by atoms with Crippen molar-refractivity contribution in [2.45, 2.75) is 44.7 Å². The van der Waals surface area contributed by atoms with Crippen molar-refractivity contribution in [3.63, 3.8) is 0 Å². The molecule has 0 spiro atoms. The number of carbonyl (C=O) groups is 1. The summed E-state index contributed by atoms with van der Waals surface area (Å²) in [5.74, 6) is 1.84. The molecule has 2 bridgehead atoms. The van der Waals surface area contributed by atoms with Crippen molar-refractivity contribution in [3.8, 4) is 0 Å². The zero-order valence-electron chi connectivity index (χ0n) is 13.6. The Kier molecular flexibility index (Phi) is 6.44. The van der Waals surface area contributed by atoms with Crippen LogP contribution in [0.1, 0.15) is 32.1 Å². The van der Waals surface area contributed by atoms with Crippen LogP contribution in [0.4, 0.5) is 5.82 Å². The largest absolute Gasteiger partial charge is 0.383 e. The quantitative estimate of drug-likeness (QED) is 0.858. The average molecular weight is 343 g/mol. The number of carbonyl (C=O) groups excluding carboxylic acids is 1. The Hall–Kier alpha value is -1.11. The SMILES string of the molecule is COCCn1ccc(NC(=O)C2CC3CCCC(C2)C3N)n1.Cl. The molecular formula is C16H27ClN4O2. The summed E-state index contributed by atoms with van der Waals surface area (Å²) >= 11 is 0. The molecule has 0 saturated heterocycles. The first-order chi connectivity index (χ1) is 10.7. The van der Waals surface area contributed by atoms with Gasteiger partial charge < -0.3 is 15.8 Å². The highest BCUT2D eigenvalue weighted by Gasteiger charge is 2.40. The molecule has 2 aliphatic rings. The molecule has 2 fully saturated rings. The lowest BCUT2D eigenvalue weighted by atomic mass is 9.65. The molecule has 2 aliphatic carbocycles. The van der Waals surface area contributed by atoms with Gasteiger partial charge in [0.15, 0.2) is 5.82 Å². The normalized spacial score (nSPS) is 29.7. The molecule has 6 nitrogen and oxygen atoms in total. The molecule has 2 unspecified atom stereocenters. The molecule has 7 heteroatoms. The van der Waals surface area contributed by atoms with E-state index in [1.54, 1.807) is 11.8 Å². The van der Waals surface area contributed by atoms with Crippen LogP contribution in [0.2, 0.25) is 0 Å². The van der Waals surface area contributed by atoms with Crippen molar-refractivity contribution in [3.05, 3.63) is 12.3 Å². The number of rotatable bonds is 5. The summed E-state index contributed by atoms with van der Waals surface area (Å²) in [7, 11) is 1.66. The lowest BCUT2D eigenvalue weighted by molar-refractivity contribution is -0.122. The van der Waals surface area contributed by atoms with Crippen LogP contribution in [0, 0.1) is 17.8 Å². The van der Waals surface area contributed by atoms with Crippen LogP contribution in [0.15, 0.2) is 12.3 Å². The van der Waals surface area contributed by atoms with Crippen LogP contribution >= 0.6 is 12.4 Å². The van der Waals surface area contributed by atoms with Crippen LogP contribution in [-0.4, -0.2) is 35.4 Å². The highest BCUT2D eigenvalue weighted by molar-refractivity contribution is 5.91. The minimum atomic E-state index is 0. The van der Waals surface area contributed by atoms with Crippen molar-refractivity contribution in [1.29, 1.82) is 0 Å². The minimum absolute atomic E-state index is 0. The lowest BCUT2D eigenvalue weighted by Gasteiger charge is -2.43. The van der Waals surface area contributed by atoms with Gasteiger partial charge in [0.2, 0.25) is 5.91 Å². The fraction of sp³-hybridized carbons (Fsp3) is 0.750. The van der Waals surface area contributed by atoms with Crippen molar-refractivity contribution >= 4 is 24.1 Å². The molecule has 23 heavy (non-hydrogen) atoms. The second-order valence-corrected chi connectivity index (χ2v) is 6.64. The Morgan fingerprint density at radius 2 is 2.13 bits per heavy atom. The van der Waals surface area contributed by atoms with Crippen molar-refractivity contribution in [2.75, 3.05) is 19.0 Å². The Morgan fingerprint density at radius 1 is 1.43 bits per heavy atom. The maximum Gasteiger partial charge on any atom is 0.228 e. The van der Waals surface area contributed by atoms with E-state index in [4.69, 9.17) is 10.5 Å². The molecule has 2 saturated carbocycles. The number of ether oxygens (including phenoxy) is 1. The third kappa shape index (κ3) is 4.25. The molecule has 1 amide bonds. The molecule has 3 N–H and O–H groups in total. The maximum atomic E-state index is 12.5. The number of amides is 1. The summed E-state index contributed by atoms with van der Waals surface area (Å²) in [6.45, 7) is 1.30. The summed E-state index contributed by atoms with van der Waals surface area (Å²) < 4.78 is 6.81. The molecule has 0 aromatic carbocycles. The van der Waals surface area contributed by atoms with Gasteiger partial charge in [-0.1, -0.05) is 6.42 Å². The molecule has 2 atom stereocenters. The number of halogens is 1. The highest BCUT2D eigenvalue weighted by Crippen LogP contribution is 2.42. The van der Waals surface area contributed by atoms with Gasteiger partial charge in [-0.05, 0) is 37.5 Å². The molecule has 0 radical (unpaired) electrons.